The maximum Gasteiger partial charge on any atom is 0.226 e. The topological polar surface area (TPSA) is 62.2 Å². The largest absolute Gasteiger partial charge is 0.352 e. The fourth-order valence-electron chi connectivity index (χ4n) is 5.05. The number of carbonyl (C=O) groups excluding carboxylic acids is 1. The average Bonchev–Trinajstić information content (AvgIpc) is 3.39. The molecule has 0 spiro atoms. The number of nitrogens with zero attached hydrogens (tertiary/aromatic N) is 3. The van der Waals surface area contributed by atoms with Crippen molar-refractivity contribution < 1.29 is 13.6 Å². The summed E-state index contributed by atoms with van der Waals surface area (Å²) in [5, 5.41) is 6.71. The van der Waals surface area contributed by atoms with Gasteiger partial charge in [0, 0.05) is 36.2 Å². The van der Waals surface area contributed by atoms with Crippen molar-refractivity contribution in [1.29, 1.82) is 0 Å². The molecule has 2 aromatic carbocycles. The number of amides is 1. The van der Waals surface area contributed by atoms with E-state index in [0.29, 0.717) is 23.0 Å². The number of thiocarbonyl (C=S) groups is 1. The van der Waals surface area contributed by atoms with Crippen LogP contribution in [0.3, 0.4) is 0 Å². The summed E-state index contributed by atoms with van der Waals surface area (Å²) in [5.41, 5.74) is 4.54. The first-order chi connectivity index (χ1) is 18.3. The predicted octanol–water partition coefficient (Wildman–Crippen LogP) is 5.77. The van der Waals surface area contributed by atoms with Crippen molar-refractivity contribution in [1.82, 2.24) is 19.8 Å². The molecule has 2 unspecified atom stereocenters. The standard InChI is InChI=1S/C29H27F2N5OS/c1-18-17-22(19(2)36(18)25-9-4-3-7-23(25)31)28-27(24-8-5-6-15-32-24)34-29(38)35(28)16-14-26(37)33-21-12-10-20(30)11-13-21/h3-13,15,17,27-28H,14,16H2,1-2H3,(H,33,37)(H,34,38). The van der Waals surface area contributed by atoms with Gasteiger partial charge in [-0.1, -0.05) is 18.2 Å². The number of benzene rings is 2. The van der Waals surface area contributed by atoms with Crippen LogP contribution in [0, 0.1) is 25.5 Å². The van der Waals surface area contributed by atoms with E-state index >= 15 is 0 Å². The minimum absolute atomic E-state index is 0.163. The quantitative estimate of drug-likeness (QED) is 0.297. The number of anilines is 1. The van der Waals surface area contributed by atoms with Crippen LogP contribution in [-0.4, -0.2) is 32.0 Å². The van der Waals surface area contributed by atoms with Crippen molar-refractivity contribution in [3.05, 3.63) is 113 Å². The Hall–Kier alpha value is -4.11. The van der Waals surface area contributed by atoms with Crippen molar-refractivity contribution in [2.24, 2.45) is 0 Å². The lowest BCUT2D eigenvalue weighted by Gasteiger charge is -2.28. The minimum atomic E-state index is -0.368. The fraction of sp³-hybridized carbons (Fsp3) is 0.207. The second kappa shape index (κ2) is 10.7. The zero-order valence-electron chi connectivity index (χ0n) is 21.0. The van der Waals surface area contributed by atoms with E-state index in [0.717, 1.165) is 22.6 Å². The van der Waals surface area contributed by atoms with Gasteiger partial charge in [-0.2, -0.15) is 0 Å². The molecule has 2 aromatic heterocycles. The van der Waals surface area contributed by atoms with Crippen LogP contribution < -0.4 is 10.6 Å². The Balaban J connectivity index is 1.47. The second-order valence-corrected chi connectivity index (χ2v) is 9.63. The Morgan fingerprint density at radius 3 is 2.50 bits per heavy atom. The molecule has 0 saturated carbocycles. The molecule has 5 rings (SSSR count). The molecule has 1 fully saturated rings. The molecule has 2 N–H and O–H groups in total. The van der Waals surface area contributed by atoms with E-state index in [9.17, 15) is 13.6 Å². The van der Waals surface area contributed by atoms with Crippen LogP contribution in [0.2, 0.25) is 0 Å². The summed E-state index contributed by atoms with van der Waals surface area (Å²) < 4.78 is 29.9. The Bertz CT molecular complexity index is 1470. The van der Waals surface area contributed by atoms with E-state index < -0.39 is 0 Å². The number of hydrogen-bond donors (Lipinski definition) is 2. The monoisotopic (exact) mass is 531 g/mol. The first-order valence-electron chi connectivity index (χ1n) is 12.3. The summed E-state index contributed by atoms with van der Waals surface area (Å²) in [4.78, 5) is 19.3. The van der Waals surface area contributed by atoms with Crippen molar-refractivity contribution in [3.63, 3.8) is 0 Å². The van der Waals surface area contributed by atoms with Crippen LogP contribution in [0.5, 0.6) is 0 Å². The summed E-state index contributed by atoms with van der Waals surface area (Å²) >= 11 is 5.73. The second-order valence-electron chi connectivity index (χ2n) is 9.24. The van der Waals surface area contributed by atoms with Crippen LogP contribution in [0.15, 0.2) is 79.0 Å². The molecule has 4 aromatic rings. The molecule has 1 aliphatic heterocycles. The average molecular weight is 532 g/mol. The van der Waals surface area contributed by atoms with Crippen molar-refractivity contribution in [2.45, 2.75) is 32.4 Å². The van der Waals surface area contributed by atoms with Gasteiger partial charge in [-0.3, -0.25) is 9.78 Å². The highest BCUT2D eigenvalue weighted by Crippen LogP contribution is 2.41. The van der Waals surface area contributed by atoms with E-state index in [-0.39, 0.29) is 36.0 Å². The van der Waals surface area contributed by atoms with Crippen LogP contribution in [0.25, 0.3) is 5.69 Å². The van der Waals surface area contributed by atoms with Gasteiger partial charge in [0.25, 0.3) is 0 Å². The normalized spacial score (nSPS) is 16.9. The van der Waals surface area contributed by atoms with Gasteiger partial charge in [0.05, 0.1) is 23.5 Å². The van der Waals surface area contributed by atoms with Crippen LogP contribution in [0.1, 0.15) is 41.1 Å². The van der Waals surface area contributed by atoms with Gasteiger partial charge in [0.1, 0.15) is 11.6 Å². The lowest BCUT2D eigenvalue weighted by molar-refractivity contribution is -0.116. The molecule has 1 amide bonds. The molecule has 0 bridgehead atoms. The van der Waals surface area contributed by atoms with Crippen LogP contribution >= 0.6 is 12.2 Å². The molecule has 1 saturated heterocycles. The lowest BCUT2D eigenvalue weighted by Crippen LogP contribution is -2.32. The van der Waals surface area contributed by atoms with Gasteiger partial charge in [-0.05, 0) is 86.2 Å². The Kier molecular flexibility index (Phi) is 7.20. The summed E-state index contributed by atoms with van der Waals surface area (Å²) in [5.74, 6) is -0.888. The number of rotatable bonds is 7. The summed E-state index contributed by atoms with van der Waals surface area (Å²) in [7, 11) is 0. The first-order valence-corrected chi connectivity index (χ1v) is 12.7. The minimum Gasteiger partial charge on any atom is -0.352 e. The van der Waals surface area contributed by atoms with Gasteiger partial charge in [-0.25, -0.2) is 8.78 Å². The third kappa shape index (κ3) is 5.02. The third-order valence-corrected chi connectivity index (χ3v) is 7.14. The SMILES string of the molecule is Cc1cc(C2C(c3ccccn3)NC(=S)N2CCC(=O)Nc2ccc(F)cc2)c(C)n1-c1ccccc1F. The molecule has 9 heteroatoms. The molecule has 38 heavy (non-hydrogen) atoms. The van der Waals surface area contributed by atoms with Gasteiger partial charge in [0.15, 0.2) is 5.11 Å². The third-order valence-electron chi connectivity index (χ3n) is 6.79. The molecule has 0 radical (unpaired) electrons. The number of nitrogens with one attached hydrogen (secondary N) is 2. The highest BCUT2D eigenvalue weighted by Gasteiger charge is 2.41. The zero-order valence-corrected chi connectivity index (χ0v) is 21.8. The Morgan fingerprint density at radius 1 is 1.05 bits per heavy atom. The van der Waals surface area contributed by atoms with Gasteiger partial charge in [0.2, 0.25) is 5.91 Å². The number of para-hydroxylation sites is 1. The molecule has 3 heterocycles. The maximum atomic E-state index is 14.8. The Labute approximate surface area is 225 Å². The summed E-state index contributed by atoms with van der Waals surface area (Å²) in [6, 6.07) is 19.5. The molecule has 194 valence electrons. The van der Waals surface area contributed by atoms with E-state index in [2.05, 4.69) is 15.6 Å². The summed E-state index contributed by atoms with van der Waals surface area (Å²) in [6.07, 6.45) is 1.90. The fourth-order valence-corrected chi connectivity index (χ4v) is 5.39. The number of hydrogen-bond acceptors (Lipinski definition) is 3. The highest BCUT2D eigenvalue weighted by molar-refractivity contribution is 7.80. The molecule has 6 nitrogen and oxygen atoms in total. The predicted molar refractivity (Wildman–Crippen MR) is 147 cm³/mol. The van der Waals surface area contributed by atoms with Gasteiger partial charge >= 0.3 is 0 Å². The molecular formula is C29H27F2N5OS. The van der Waals surface area contributed by atoms with Crippen molar-refractivity contribution in [3.8, 4) is 5.69 Å². The smallest absolute Gasteiger partial charge is 0.226 e. The number of aryl methyl sites for hydroxylation is 1. The van der Waals surface area contributed by atoms with Crippen molar-refractivity contribution >= 4 is 28.9 Å². The first kappa shape index (κ1) is 25.5. The van der Waals surface area contributed by atoms with E-state index in [1.54, 1.807) is 18.3 Å². The van der Waals surface area contributed by atoms with Crippen molar-refractivity contribution in [2.75, 3.05) is 11.9 Å². The van der Waals surface area contributed by atoms with E-state index in [1.165, 1.54) is 30.3 Å². The molecule has 2 atom stereocenters. The van der Waals surface area contributed by atoms with Crippen LogP contribution in [0.4, 0.5) is 14.5 Å². The van der Waals surface area contributed by atoms with Gasteiger partial charge in [-0.15, -0.1) is 0 Å². The molecular weight excluding hydrogens is 504 g/mol. The zero-order chi connectivity index (χ0) is 26.8. The molecule has 0 aliphatic carbocycles. The Morgan fingerprint density at radius 2 is 1.79 bits per heavy atom. The number of aromatic nitrogens is 2. The van der Waals surface area contributed by atoms with Crippen LogP contribution in [-0.2, 0) is 4.79 Å². The molecule has 1 aliphatic rings. The van der Waals surface area contributed by atoms with E-state index in [4.69, 9.17) is 12.2 Å². The maximum absolute atomic E-state index is 14.8. The number of carbonyl (C=O) groups is 1. The number of pyridine rings is 1. The number of halogens is 2. The van der Waals surface area contributed by atoms with E-state index in [1.807, 2.05) is 53.6 Å². The highest BCUT2D eigenvalue weighted by atomic mass is 32.1. The van der Waals surface area contributed by atoms with Gasteiger partial charge < -0.3 is 20.1 Å². The lowest BCUT2D eigenvalue weighted by atomic mass is 9.96. The summed E-state index contributed by atoms with van der Waals surface area (Å²) in [6.45, 7) is 4.25.